The van der Waals surface area contributed by atoms with Crippen LogP contribution in [0.2, 0.25) is 0 Å². The predicted octanol–water partition coefficient (Wildman–Crippen LogP) is 1.88. The van der Waals surface area contributed by atoms with Crippen molar-refractivity contribution in [3.63, 3.8) is 0 Å². The van der Waals surface area contributed by atoms with Gasteiger partial charge in [0.05, 0.1) is 11.5 Å². The molecule has 112 valence electrons. The third-order valence-corrected chi connectivity index (χ3v) is 5.61. The average molecular weight is 297 g/mol. The molecule has 5 heteroatoms. The summed E-state index contributed by atoms with van der Waals surface area (Å²) in [5.41, 5.74) is 1.19. The number of phenols is 1. The Bertz CT molecular complexity index is 525. The van der Waals surface area contributed by atoms with Gasteiger partial charge in [0, 0.05) is 12.1 Å². The van der Waals surface area contributed by atoms with Crippen LogP contribution in [-0.4, -0.2) is 37.1 Å². The minimum Gasteiger partial charge on any atom is -0.508 e. The van der Waals surface area contributed by atoms with E-state index in [4.69, 9.17) is 0 Å². The van der Waals surface area contributed by atoms with E-state index in [9.17, 15) is 13.5 Å². The fourth-order valence-electron chi connectivity index (χ4n) is 2.69. The minimum atomic E-state index is -2.84. The van der Waals surface area contributed by atoms with Crippen molar-refractivity contribution in [1.29, 1.82) is 0 Å². The Morgan fingerprint density at radius 1 is 1.35 bits per heavy atom. The summed E-state index contributed by atoms with van der Waals surface area (Å²) in [5.74, 6) is 0.899. The Hall–Kier alpha value is -1.07. The van der Waals surface area contributed by atoms with E-state index in [-0.39, 0.29) is 17.5 Å². The molecule has 0 aliphatic carbocycles. The van der Waals surface area contributed by atoms with E-state index in [0.717, 1.165) is 25.7 Å². The van der Waals surface area contributed by atoms with Crippen molar-refractivity contribution in [3.8, 4) is 5.75 Å². The van der Waals surface area contributed by atoms with E-state index >= 15 is 0 Å². The number of benzene rings is 1. The molecule has 1 aliphatic rings. The number of aromatic hydroxyl groups is 1. The van der Waals surface area contributed by atoms with Crippen LogP contribution in [0.25, 0.3) is 0 Å². The highest BCUT2D eigenvalue weighted by molar-refractivity contribution is 7.91. The maximum absolute atomic E-state index is 11.6. The third-order valence-electron chi connectivity index (χ3n) is 3.79. The fraction of sp³-hybridized carbons (Fsp3) is 0.600. The van der Waals surface area contributed by atoms with Crippen molar-refractivity contribution >= 4 is 9.84 Å². The van der Waals surface area contributed by atoms with Crippen LogP contribution < -0.4 is 5.32 Å². The van der Waals surface area contributed by atoms with Gasteiger partial charge >= 0.3 is 0 Å². The lowest BCUT2D eigenvalue weighted by Crippen LogP contribution is -2.44. The Balaban J connectivity index is 1.77. The van der Waals surface area contributed by atoms with Gasteiger partial charge in [-0.25, -0.2) is 8.42 Å². The first-order chi connectivity index (χ1) is 9.44. The van der Waals surface area contributed by atoms with E-state index in [1.54, 1.807) is 12.1 Å². The second-order valence-electron chi connectivity index (χ2n) is 5.73. The minimum absolute atomic E-state index is 0.101. The van der Waals surface area contributed by atoms with E-state index < -0.39 is 9.84 Å². The van der Waals surface area contributed by atoms with Gasteiger partial charge < -0.3 is 10.4 Å². The van der Waals surface area contributed by atoms with Crippen molar-refractivity contribution in [2.24, 2.45) is 0 Å². The summed E-state index contributed by atoms with van der Waals surface area (Å²) in [7, 11) is -2.84. The summed E-state index contributed by atoms with van der Waals surface area (Å²) in [5, 5.41) is 12.7. The summed E-state index contributed by atoms with van der Waals surface area (Å²) in [4.78, 5) is 0. The summed E-state index contributed by atoms with van der Waals surface area (Å²) < 4.78 is 23.2. The lowest BCUT2D eigenvalue weighted by atomic mass is 10.0. The summed E-state index contributed by atoms with van der Waals surface area (Å²) in [6, 6.07) is 7.63. The molecule has 4 nitrogen and oxygen atoms in total. The molecule has 1 saturated heterocycles. The molecule has 1 heterocycles. The Morgan fingerprint density at radius 3 is 2.70 bits per heavy atom. The highest BCUT2D eigenvalue weighted by Gasteiger charge is 2.25. The van der Waals surface area contributed by atoms with E-state index in [1.807, 2.05) is 12.1 Å². The number of nitrogens with one attached hydrogen (secondary N) is 1. The Morgan fingerprint density at radius 2 is 2.05 bits per heavy atom. The molecule has 0 amide bonds. The fourth-order valence-corrected chi connectivity index (χ4v) is 4.33. The van der Waals surface area contributed by atoms with Crippen molar-refractivity contribution in [2.75, 3.05) is 11.5 Å². The SMILES string of the molecule is CC(CCc1ccc(O)cc1)NC1CCCS(=O)(=O)C1. The van der Waals surface area contributed by atoms with Gasteiger partial charge in [-0.2, -0.15) is 0 Å². The lowest BCUT2D eigenvalue weighted by Gasteiger charge is -2.26. The predicted molar refractivity (Wildman–Crippen MR) is 80.7 cm³/mol. The topological polar surface area (TPSA) is 66.4 Å². The lowest BCUT2D eigenvalue weighted by molar-refractivity contribution is 0.415. The molecule has 0 aromatic heterocycles. The smallest absolute Gasteiger partial charge is 0.151 e. The molecule has 2 rings (SSSR count). The maximum atomic E-state index is 11.6. The van der Waals surface area contributed by atoms with E-state index in [1.165, 1.54) is 5.56 Å². The first-order valence-electron chi connectivity index (χ1n) is 7.19. The second kappa shape index (κ2) is 6.59. The van der Waals surface area contributed by atoms with Crippen LogP contribution in [0.4, 0.5) is 0 Å². The number of hydrogen-bond acceptors (Lipinski definition) is 4. The van der Waals surface area contributed by atoms with Crippen molar-refractivity contribution in [3.05, 3.63) is 29.8 Å². The highest BCUT2D eigenvalue weighted by Crippen LogP contribution is 2.15. The molecule has 2 unspecified atom stereocenters. The molecule has 2 atom stereocenters. The number of aryl methyl sites for hydroxylation is 1. The third kappa shape index (κ3) is 4.80. The molecule has 0 saturated carbocycles. The van der Waals surface area contributed by atoms with Gasteiger partial charge in [-0.3, -0.25) is 0 Å². The molecule has 0 bridgehead atoms. The average Bonchev–Trinajstić information content (AvgIpc) is 2.37. The van der Waals surface area contributed by atoms with Crippen LogP contribution in [0.5, 0.6) is 5.75 Å². The van der Waals surface area contributed by atoms with Crippen molar-refractivity contribution in [2.45, 2.75) is 44.7 Å². The van der Waals surface area contributed by atoms with Gasteiger partial charge in [0.2, 0.25) is 0 Å². The second-order valence-corrected chi connectivity index (χ2v) is 7.96. The monoisotopic (exact) mass is 297 g/mol. The van der Waals surface area contributed by atoms with Gasteiger partial charge in [-0.05, 0) is 50.3 Å². The van der Waals surface area contributed by atoms with Gasteiger partial charge in [0.1, 0.15) is 5.75 Å². The maximum Gasteiger partial charge on any atom is 0.151 e. The molecule has 0 radical (unpaired) electrons. The molecule has 0 spiro atoms. The van der Waals surface area contributed by atoms with Crippen LogP contribution in [0, 0.1) is 0 Å². The van der Waals surface area contributed by atoms with E-state index in [2.05, 4.69) is 12.2 Å². The van der Waals surface area contributed by atoms with Gasteiger partial charge in [-0.15, -0.1) is 0 Å². The summed E-state index contributed by atoms with van der Waals surface area (Å²) in [6.45, 7) is 2.10. The molecule has 1 aliphatic heterocycles. The zero-order valence-electron chi connectivity index (χ0n) is 11.9. The Kier molecular flexibility index (Phi) is 5.05. The van der Waals surface area contributed by atoms with Crippen molar-refractivity contribution in [1.82, 2.24) is 5.32 Å². The van der Waals surface area contributed by atoms with Crippen LogP contribution >= 0.6 is 0 Å². The first-order valence-corrected chi connectivity index (χ1v) is 9.01. The molecular formula is C15H23NO3S. The van der Waals surface area contributed by atoms with Crippen LogP contribution in [0.15, 0.2) is 24.3 Å². The zero-order valence-corrected chi connectivity index (χ0v) is 12.7. The standard InChI is InChI=1S/C15H23NO3S/c1-12(4-5-13-6-8-15(17)9-7-13)16-14-3-2-10-20(18,19)11-14/h6-9,12,14,16-17H,2-5,10-11H2,1H3. The number of rotatable bonds is 5. The van der Waals surface area contributed by atoms with Crippen LogP contribution in [-0.2, 0) is 16.3 Å². The summed E-state index contributed by atoms with van der Waals surface area (Å²) in [6.07, 6.45) is 3.60. The van der Waals surface area contributed by atoms with Gasteiger partial charge in [0.15, 0.2) is 9.84 Å². The number of sulfone groups is 1. The summed E-state index contributed by atoms with van der Waals surface area (Å²) >= 11 is 0. The van der Waals surface area contributed by atoms with Crippen molar-refractivity contribution < 1.29 is 13.5 Å². The largest absolute Gasteiger partial charge is 0.508 e. The molecule has 2 N–H and O–H groups in total. The quantitative estimate of drug-likeness (QED) is 0.871. The zero-order chi connectivity index (χ0) is 14.6. The molecule has 1 aromatic carbocycles. The molecule has 1 aromatic rings. The Labute approximate surface area is 121 Å². The van der Waals surface area contributed by atoms with Crippen LogP contribution in [0.3, 0.4) is 0 Å². The first kappa shape index (κ1) is 15.3. The molecular weight excluding hydrogens is 274 g/mol. The molecule has 20 heavy (non-hydrogen) atoms. The molecule has 1 fully saturated rings. The number of hydrogen-bond donors (Lipinski definition) is 2. The normalized spacial score (nSPS) is 23.4. The highest BCUT2D eigenvalue weighted by atomic mass is 32.2. The van der Waals surface area contributed by atoms with Gasteiger partial charge in [-0.1, -0.05) is 12.1 Å². The van der Waals surface area contributed by atoms with Gasteiger partial charge in [0.25, 0.3) is 0 Å². The number of phenolic OH excluding ortho intramolecular Hbond substituents is 1. The van der Waals surface area contributed by atoms with Crippen LogP contribution in [0.1, 0.15) is 31.7 Å². The van der Waals surface area contributed by atoms with E-state index in [0.29, 0.717) is 11.8 Å².